The zero-order valence-electron chi connectivity index (χ0n) is 14.2. The first-order valence-electron chi connectivity index (χ1n) is 7.80. The van der Waals surface area contributed by atoms with Crippen LogP contribution in [0.15, 0.2) is 24.3 Å². The molecule has 26 heavy (non-hydrogen) atoms. The summed E-state index contributed by atoms with van der Waals surface area (Å²) in [6, 6.07) is 6.16. The molecule has 9 nitrogen and oxygen atoms in total. The van der Waals surface area contributed by atoms with E-state index in [2.05, 4.69) is 10.3 Å². The lowest BCUT2D eigenvalue weighted by molar-refractivity contribution is -1.27. The number of phenolic OH excluding ortho intramolecular Hbond substituents is 1. The topological polar surface area (TPSA) is 118 Å². The second-order valence-corrected chi connectivity index (χ2v) is 6.13. The number of amides is 1. The van der Waals surface area contributed by atoms with Crippen LogP contribution in [-0.4, -0.2) is 38.0 Å². The fourth-order valence-corrected chi connectivity index (χ4v) is 2.84. The van der Waals surface area contributed by atoms with Gasteiger partial charge in [0.15, 0.2) is 23.1 Å². The number of hydrogen-bond acceptors (Lipinski definition) is 7. The molecule has 0 atom stereocenters. The Balaban J connectivity index is 1.82. The molecule has 1 amide bonds. The van der Waals surface area contributed by atoms with Gasteiger partial charge in [-0.3, -0.25) is 4.79 Å². The van der Waals surface area contributed by atoms with Crippen molar-refractivity contribution >= 4 is 17.4 Å². The van der Waals surface area contributed by atoms with Crippen LogP contribution in [0.4, 0.5) is 15.9 Å². The molecule has 0 radical (unpaired) electrons. The maximum atomic E-state index is 14.5. The van der Waals surface area contributed by atoms with Crippen molar-refractivity contribution in [2.45, 2.75) is 20.4 Å². The van der Waals surface area contributed by atoms with Gasteiger partial charge in [-0.15, -0.1) is 20.8 Å². The summed E-state index contributed by atoms with van der Waals surface area (Å²) in [5.41, 5.74) is 3.58. The Morgan fingerprint density at radius 3 is 2.62 bits per heavy atom. The Kier molecular flexibility index (Phi) is 4.40. The number of pyridine rings is 1. The van der Waals surface area contributed by atoms with Crippen LogP contribution in [0.25, 0.3) is 0 Å². The van der Waals surface area contributed by atoms with E-state index in [9.17, 15) is 24.7 Å². The summed E-state index contributed by atoms with van der Waals surface area (Å²) in [6.45, 7) is 3.45. The molecule has 2 heterocycles. The van der Waals surface area contributed by atoms with Gasteiger partial charge in [0.2, 0.25) is 0 Å². The molecule has 2 aromatic rings. The Morgan fingerprint density at radius 1 is 1.31 bits per heavy atom. The third-order valence-electron chi connectivity index (χ3n) is 3.84. The van der Waals surface area contributed by atoms with Gasteiger partial charge in [-0.25, -0.2) is 9.37 Å². The van der Waals surface area contributed by atoms with E-state index in [1.807, 2.05) is 26.0 Å². The minimum absolute atomic E-state index is 0.191. The maximum Gasteiger partial charge on any atom is 0.298 e. The van der Waals surface area contributed by atoms with Crippen molar-refractivity contribution in [2.24, 2.45) is 0 Å². The van der Waals surface area contributed by atoms with Gasteiger partial charge in [0.05, 0.1) is 0 Å². The van der Waals surface area contributed by atoms with E-state index in [0.717, 1.165) is 17.3 Å². The zero-order valence-corrected chi connectivity index (χ0v) is 14.2. The van der Waals surface area contributed by atoms with E-state index in [4.69, 9.17) is 0 Å². The molecule has 10 heteroatoms. The van der Waals surface area contributed by atoms with Gasteiger partial charge >= 0.3 is 0 Å². The minimum atomic E-state index is -2.06. The summed E-state index contributed by atoms with van der Waals surface area (Å²) in [5, 5.41) is 31.1. The van der Waals surface area contributed by atoms with Gasteiger partial charge in [-0.1, -0.05) is 0 Å². The summed E-state index contributed by atoms with van der Waals surface area (Å²) in [4.78, 5) is 15.6. The van der Waals surface area contributed by atoms with Crippen LogP contribution in [0.1, 0.15) is 16.8 Å². The lowest BCUT2D eigenvalue weighted by Crippen LogP contribution is -2.57. The number of benzene rings is 1. The number of rotatable bonds is 4. The number of hydrogen-bond donors (Lipinski definition) is 5. The molecule has 0 aliphatic carbocycles. The summed E-state index contributed by atoms with van der Waals surface area (Å²) >= 11 is 0. The molecule has 1 aliphatic heterocycles. The van der Waals surface area contributed by atoms with Crippen molar-refractivity contribution < 1.29 is 29.7 Å². The average Bonchev–Trinajstić information content (AvgIpc) is 2.76. The first-order chi connectivity index (χ1) is 12.2. The van der Waals surface area contributed by atoms with E-state index in [1.54, 1.807) is 5.43 Å². The standard InChI is InChI=1S/C16H18FN5O4/c1-9-3-10(2)19-14(4-9)18-7-11-5-12(17)16(13(23)6-11)21-8-15(24)20-22(21,25)26/h3-6,25-26H,7-8H2,1-2H3,(H2-,18,19,20,23,24)/p+1. The van der Waals surface area contributed by atoms with Crippen molar-refractivity contribution in [3.63, 3.8) is 0 Å². The monoisotopic (exact) mass is 364 g/mol. The van der Waals surface area contributed by atoms with Gasteiger partial charge in [-0.2, -0.15) is 0 Å². The zero-order chi connectivity index (χ0) is 19.1. The second-order valence-electron chi connectivity index (χ2n) is 6.13. The Morgan fingerprint density at radius 2 is 2.04 bits per heavy atom. The quantitative estimate of drug-likeness (QED) is 0.522. The number of aryl methyl sites for hydroxylation is 2. The van der Waals surface area contributed by atoms with Crippen molar-refractivity contribution in [1.29, 1.82) is 0 Å². The molecule has 138 valence electrons. The summed E-state index contributed by atoms with van der Waals surface area (Å²) in [7, 11) is 0. The van der Waals surface area contributed by atoms with Crippen molar-refractivity contribution in [3.8, 4) is 5.75 Å². The lowest BCUT2D eigenvalue weighted by atomic mass is 10.1. The molecule has 1 saturated heterocycles. The lowest BCUT2D eigenvalue weighted by Gasteiger charge is -2.24. The molecule has 1 aliphatic rings. The smallest absolute Gasteiger partial charge is 0.298 e. The Bertz CT molecular complexity index is 830. The van der Waals surface area contributed by atoms with Crippen LogP contribution in [0.2, 0.25) is 0 Å². The highest BCUT2D eigenvalue weighted by atomic mass is 19.1. The number of aromatic nitrogens is 1. The molecule has 3 rings (SSSR count). The van der Waals surface area contributed by atoms with E-state index < -0.39 is 34.7 Å². The predicted octanol–water partition coefficient (Wildman–Crippen LogP) is 1.52. The van der Waals surface area contributed by atoms with E-state index >= 15 is 0 Å². The number of phenols is 1. The van der Waals surface area contributed by atoms with Crippen molar-refractivity contribution in [1.82, 2.24) is 10.4 Å². The largest absolute Gasteiger partial charge is 0.505 e. The minimum Gasteiger partial charge on any atom is -0.505 e. The van der Waals surface area contributed by atoms with Gasteiger partial charge < -0.3 is 10.4 Å². The van der Waals surface area contributed by atoms with Crippen molar-refractivity contribution in [3.05, 3.63) is 46.9 Å². The first kappa shape index (κ1) is 17.9. The van der Waals surface area contributed by atoms with Crippen LogP contribution in [-0.2, 0) is 11.3 Å². The highest BCUT2D eigenvalue weighted by Gasteiger charge is 2.47. The van der Waals surface area contributed by atoms with Gasteiger partial charge in [-0.05, 0) is 49.2 Å². The molecule has 1 aromatic carbocycles. The molecular formula is C16H19FN5O4+. The third-order valence-corrected chi connectivity index (χ3v) is 3.84. The van der Waals surface area contributed by atoms with E-state index in [0.29, 0.717) is 16.4 Å². The Hall–Kier alpha value is -2.95. The number of nitrogens with one attached hydrogen (secondary N) is 2. The molecule has 0 spiro atoms. The molecule has 1 fully saturated rings. The summed E-state index contributed by atoms with van der Waals surface area (Å²) < 4.78 is 14.5. The highest BCUT2D eigenvalue weighted by molar-refractivity contribution is 5.82. The fourth-order valence-electron chi connectivity index (χ4n) is 2.84. The highest BCUT2D eigenvalue weighted by Crippen LogP contribution is 2.35. The maximum absolute atomic E-state index is 14.5. The number of halogens is 1. The fraction of sp³-hybridized carbons (Fsp3) is 0.250. The predicted molar refractivity (Wildman–Crippen MR) is 88.4 cm³/mol. The molecule has 1 aromatic heterocycles. The number of nitrogens with zero attached hydrogens (tertiary/aromatic N) is 3. The SMILES string of the molecule is Cc1cc(C)nc(NCc2cc(O)c(N3CC(=O)N[N+]3(O)O)c(F)c2)c1. The summed E-state index contributed by atoms with van der Waals surface area (Å²) in [6.07, 6.45) is 0. The second kappa shape index (κ2) is 6.41. The normalized spacial score (nSPS) is 15.9. The number of quaternary nitrogens is 1. The van der Waals surface area contributed by atoms with Crippen LogP contribution >= 0.6 is 0 Å². The van der Waals surface area contributed by atoms with Gasteiger partial charge in [0.1, 0.15) is 11.6 Å². The molecule has 0 saturated carbocycles. The van der Waals surface area contributed by atoms with Gasteiger partial charge in [0, 0.05) is 12.2 Å². The van der Waals surface area contributed by atoms with E-state index in [1.165, 1.54) is 6.07 Å². The van der Waals surface area contributed by atoms with Crippen LogP contribution < -0.4 is 15.8 Å². The third kappa shape index (κ3) is 3.52. The van der Waals surface area contributed by atoms with E-state index in [-0.39, 0.29) is 6.54 Å². The molecule has 5 N–H and O–H groups in total. The molecule has 0 bridgehead atoms. The van der Waals surface area contributed by atoms with Crippen LogP contribution in [0, 0.1) is 19.7 Å². The average molecular weight is 364 g/mol. The van der Waals surface area contributed by atoms with Crippen LogP contribution in [0.3, 0.4) is 0 Å². The van der Waals surface area contributed by atoms with Crippen molar-refractivity contribution in [2.75, 3.05) is 16.9 Å². The number of carbonyl (C=O) groups is 1. The summed E-state index contributed by atoms with van der Waals surface area (Å²) in [5.74, 6) is -1.56. The van der Waals surface area contributed by atoms with Crippen LogP contribution in [0.5, 0.6) is 5.75 Å². The molecular weight excluding hydrogens is 345 g/mol. The number of carbonyl (C=O) groups excluding carboxylic acids is 1. The first-order valence-corrected chi connectivity index (χ1v) is 7.80. The van der Waals surface area contributed by atoms with Gasteiger partial charge in [0.25, 0.3) is 5.91 Å². The molecule has 0 unspecified atom stereocenters. The Labute approximate surface area is 148 Å². The number of anilines is 2. The number of aromatic hydroxyl groups is 1.